The number of nitrogens with zero attached hydrogens (tertiary/aromatic N) is 2. The van der Waals surface area contributed by atoms with Crippen molar-refractivity contribution in [3.8, 4) is 0 Å². The summed E-state index contributed by atoms with van der Waals surface area (Å²) in [5.41, 5.74) is 0. The van der Waals surface area contributed by atoms with Gasteiger partial charge in [0.15, 0.2) is 0 Å². The monoisotopic (exact) mass is 322 g/mol. The van der Waals surface area contributed by atoms with Crippen LogP contribution in [0.15, 0.2) is 12.1 Å². The summed E-state index contributed by atoms with van der Waals surface area (Å²) in [5, 5.41) is 9.04. The predicted octanol–water partition coefficient (Wildman–Crippen LogP) is 2.25. The van der Waals surface area contributed by atoms with Crippen molar-refractivity contribution < 1.29 is 9.90 Å². The van der Waals surface area contributed by atoms with Gasteiger partial charge < -0.3 is 10.0 Å². The molecule has 3 heterocycles. The van der Waals surface area contributed by atoms with Crippen molar-refractivity contribution in [2.75, 3.05) is 26.2 Å². The minimum absolute atomic E-state index is 0.172. The number of amides is 1. The van der Waals surface area contributed by atoms with Crippen molar-refractivity contribution in [1.82, 2.24) is 9.80 Å². The maximum atomic E-state index is 12.2. The fraction of sp³-hybridized carbons (Fsp3) is 0.706. The number of thiophene rings is 1. The Hall–Kier alpha value is -0.910. The minimum atomic E-state index is 0.172. The van der Waals surface area contributed by atoms with E-state index in [0.29, 0.717) is 24.8 Å². The molecule has 0 spiro atoms. The second kappa shape index (κ2) is 7.11. The molecule has 0 aliphatic carbocycles. The molecule has 1 N–H and O–H groups in total. The maximum Gasteiger partial charge on any atom is 0.222 e. The number of likely N-dealkylation sites (tertiary alicyclic amines) is 2. The molecule has 0 bridgehead atoms. The normalized spacial score (nSPS) is 26.3. The molecular formula is C17H26N2O2S. The minimum Gasteiger partial charge on any atom is -0.396 e. The summed E-state index contributed by atoms with van der Waals surface area (Å²) in [6.45, 7) is 6.27. The molecule has 2 aliphatic heterocycles. The SMILES string of the molecule is Cc1ccc(CN2CC[C@@H]3[C@@H](CCC(=O)N3CCCO)C2)s1. The lowest BCUT2D eigenvalue weighted by atomic mass is 9.83. The van der Waals surface area contributed by atoms with Gasteiger partial charge in [-0.15, -0.1) is 11.3 Å². The number of aryl methyl sites for hydroxylation is 1. The standard InChI is InChI=1S/C17H26N2O2S/c1-13-3-5-15(22-13)12-18-9-7-16-14(11-18)4-6-17(21)19(16)8-2-10-20/h3,5,14,16,20H,2,4,6-12H2,1H3/t14-,16+/m0/s1. The van der Waals surface area contributed by atoms with Crippen LogP contribution in [0.1, 0.15) is 35.4 Å². The zero-order chi connectivity index (χ0) is 15.5. The van der Waals surface area contributed by atoms with Crippen LogP contribution in [0.25, 0.3) is 0 Å². The first-order valence-electron chi connectivity index (χ1n) is 8.35. The van der Waals surface area contributed by atoms with Crippen LogP contribution in [0.2, 0.25) is 0 Å². The molecule has 4 nitrogen and oxygen atoms in total. The molecular weight excluding hydrogens is 296 g/mol. The Morgan fingerprint density at radius 3 is 2.95 bits per heavy atom. The van der Waals surface area contributed by atoms with E-state index in [4.69, 9.17) is 5.11 Å². The van der Waals surface area contributed by atoms with Gasteiger partial charge in [0.1, 0.15) is 0 Å². The first kappa shape index (κ1) is 16.0. The first-order chi connectivity index (χ1) is 10.7. The van der Waals surface area contributed by atoms with E-state index in [0.717, 1.165) is 39.0 Å². The van der Waals surface area contributed by atoms with Crippen molar-refractivity contribution >= 4 is 17.2 Å². The first-order valence-corrected chi connectivity index (χ1v) is 9.17. The Bertz CT molecular complexity index is 517. The van der Waals surface area contributed by atoms with E-state index >= 15 is 0 Å². The summed E-state index contributed by atoms with van der Waals surface area (Å²) in [7, 11) is 0. The van der Waals surface area contributed by atoms with Crippen molar-refractivity contribution in [3.05, 3.63) is 21.9 Å². The van der Waals surface area contributed by atoms with Gasteiger partial charge in [-0.2, -0.15) is 0 Å². The van der Waals surface area contributed by atoms with Crippen LogP contribution in [0.4, 0.5) is 0 Å². The van der Waals surface area contributed by atoms with Gasteiger partial charge in [0.25, 0.3) is 0 Å². The highest BCUT2D eigenvalue weighted by Crippen LogP contribution is 2.32. The summed E-state index contributed by atoms with van der Waals surface area (Å²) in [5.74, 6) is 0.892. The predicted molar refractivity (Wildman–Crippen MR) is 88.9 cm³/mol. The Morgan fingerprint density at radius 2 is 2.23 bits per heavy atom. The quantitative estimate of drug-likeness (QED) is 0.904. The van der Waals surface area contributed by atoms with Crippen LogP contribution in [-0.4, -0.2) is 53.1 Å². The molecule has 1 aromatic heterocycles. The fourth-order valence-corrected chi connectivity index (χ4v) is 4.83. The van der Waals surface area contributed by atoms with Crippen molar-refractivity contribution in [3.63, 3.8) is 0 Å². The highest BCUT2D eigenvalue weighted by atomic mass is 32.1. The highest BCUT2D eigenvalue weighted by Gasteiger charge is 2.38. The molecule has 2 atom stereocenters. The largest absolute Gasteiger partial charge is 0.396 e. The third kappa shape index (κ3) is 3.53. The third-order valence-corrected chi connectivity index (χ3v) is 5.95. The maximum absolute atomic E-state index is 12.2. The fourth-order valence-electron chi connectivity index (χ4n) is 3.89. The summed E-state index contributed by atoms with van der Waals surface area (Å²) >= 11 is 1.89. The molecule has 3 rings (SSSR count). The van der Waals surface area contributed by atoms with Gasteiger partial charge in [0, 0.05) is 55.0 Å². The number of carbonyl (C=O) groups is 1. The van der Waals surface area contributed by atoms with Gasteiger partial charge in [0.05, 0.1) is 0 Å². The van der Waals surface area contributed by atoms with Gasteiger partial charge in [-0.3, -0.25) is 9.69 Å². The number of piperidine rings is 2. The Morgan fingerprint density at radius 1 is 1.36 bits per heavy atom. The second-order valence-electron chi connectivity index (χ2n) is 6.57. The molecule has 5 heteroatoms. The average molecular weight is 322 g/mol. The number of fused-ring (bicyclic) bond motifs is 1. The summed E-state index contributed by atoms with van der Waals surface area (Å²) < 4.78 is 0. The van der Waals surface area contributed by atoms with Crippen LogP contribution in [-0.2, 0) is 11.3 Å². The molecule has 0 radical (unpaired) electrons. The van der Waals surface area contributed by atoms with E-state index in [2.05, 4.69) is 28.9 Å². The van der Waals surface area contributed by atoms with Crippen molar-refractivity contribution in [2.45, 2.75) is 45.2 Å². The zero-order valence-corrected chi connectivity index (χ0v) is 14.1. The molecule has 122 valence electrons. The number of hydrogen-bond acceptors (Lipinski definition) is 4. The Balaban J connectivity index is 1.60. The molecule has 2 saturated heterocycles. The molecule has 2 aliphatic rings. The average Bonchev–Trinajstić information content (AvgIpc) is 2.91. The number of carbonyl (C=O) groups excluding carboxylic acids is 1. The Kier molecular flexibility index (Phi) is 5.16. The number of hydrogen-bond donors (Lipinski definition) is 1. The topological polar surface area (TPSA) is 43.8 Å². The summed E-state index contributed by atoms with van der Waals surface area (Å²) in [6.07, 6.45) is 3.48. The molecule has 22 heavy (non-hydrogen) atoms. The van der Waals surface area contributed by atoms with Gasteiger partial charge >= 0.3 is 0 Å². The van der Waals surface area contributed by atoms with Crippen LogP contribution in [0.3, 0.4) is 0 Å². The number of rotatable bonds is 5. The van der Waals surface area contributed by atoms with Gasteiger partial charge in [0.2, 0.25) is 5.91 Å². The van der Waals surface area contributed by atoms with Crippen molar-refractivity contribution in [2.24, 2.45) is 5.92 Å². The lowest BCUT2D eigenvalue weighted by molar-refractivity contribution is -0.141. The second-order valence-corrected chi connectivity index (χ2v) is 7.94. The lowest BCUT2D eigenvalue weighted by Gasteiger charge is -2.47. The van der Waals surface area contributed by atoms with E-state index in [1.165, 1.54) is 9.75 Å². The van der Waals surface area contributed by atoms with Crippen molar-refractivity contribution in [1.29, 1.82) is 0 Å². The zero-order valence-electron chi connectivity index (χ0n) is 13.3. The molecule has 0 unspecified atom stereocenters. The molecule has 1 amide bonds. The van der Waals surface area contributed by atoms with E-state index in [1.54, 1.807) is 0 Å². The highest BCUT2D eigenvalue weighted by molar-refractivity contribution is 7.11. The molecule has 0 aromatic carbocycles. The van der Waals surface area contributed by atoms with Gasteiger partial charge in [-0.05, 0) is 44.2 Å². The van der Waals surface area contributed by atoms with Gasteiger partial charge in [-0.1, -0.05) is 0 Å². The molecule has 1 aromatic rings. The van der Waals surface area contributed by atoms with Gasteiger partial charge in [-0.25, -0.2) is 0 Å². The lowest BCUT2D eigenvalue weighted by Crippen LogP contribution is -2.56. The molecule has 0 saturated carbocycles. The van der Waals surface area contributed by atoms with E-state index < -0.39 is 0 Å². The Labute approximate surface area is 136 Å². The smallest absolute Gasteiger partial charge is 0.222 e. The van der Waals surface area contributed by atoms with Crippen LogP contribution in [0.5, 0.6) is 0 Å². The molecule has 2 fully saturated rings. The van der Waals surface area contributed by atoms with E-state index in [9.17, 15) is 4.79 Å². The van der Waals surface area contributed by atoms with E-state index in [1.807, 2.05) is 11.3 Å². The third-order valence-electron chi connectivity index (χ3n) is 4.96. The van der Waals surface area contributed by atoms with Crippen LogP contribution in [0, 0.1) is 12.8 Å². The summed E-state index contributed by atoms with van der Waals surface area (Å²) in [4.78, 5) is 19.6. The number of aliphatic hydroxyl groups is 1. The summed E-state index contributed by atoms with van der Waals surface area (Å²) in [6, 6.07) is 4.83. The van der Waals surface area contributed by atoms with Crippen LogP contribution < -0.4 is 0 Å². The van der Waals surface area contributed by atoms with E-state index in [-0.39, 0.29) is 12.5 Å². The van der Waals surface area contributed by atoms with Crippen LogP contribution >= 0.6 is 11.3 Å². The number of aliphatic hydroxyl groups excluding tert-OH is 1.